The molecule has 98 valence electrons. The van der Waals surface area contributed by atoms with Gasteiger partial charge in [-0.3, -0.25) is 0 Å². The second-order valence-electron chi connectivity index (χ2n) is 3.60. The number of nitrogens with one attached hydrogen (secondary N) is 1. The minimum absolute atomic E-state index is 0.255. The minimum Gasteiger partial charge on any atom is -0.478 e. The molecule has 0 bridgehead atoms. The molecule has 2 N–H and O–H groups in total. The van der Waals surface area contributed by atoms with Crippen molar-refractivity contribution in [3.05, 3.63) is 29.6 Å². The van der Waals surface area contributed by atoms with E-state index in [-0.39, 0.29) is 11.7 Å². The second-order valence-corrected chi connectivity index (χ2v) is 3.60. The average Bonchev–Trinajstić information content (AvgIpc) is 2.32. The number of carbonyl (C=O) groups is 2. The van der Waals surface area contributed by atoms with Gasteiger partial charge in [-0.2, -0.15) is 0 Å². The van der Waals surface area contributed by atoms with Gasteiger partial charge in [0.05, 0.1) is 5.56 Å². The highest BCUT2D eigenvalue weighted by Gasteiger charge is 2.13. The zero-order valence-electron chi connectivity index (χ0n) is 10.2. The first-order chi connectivity index (χ1) is 8.49. The van der Waals surface area contributed by atoms with E-state index in [9.17, 15) is 14.0 Å². The molecule has 0 saturated heterocycles. The van der Waals surface area contributed by atoms with Gasteiger partial charge in [0.15, 0.2) is 0 Å². The van der Waals surface area contributed by atoms with Crippen LogP contribution < -0.4 is 5.32 Å². The van der Waals surface area contributed by atoms with Gasteiger partial charge in [0.1, 0.15) is 5.82 Å². The number of anilines is 1. The highest BCUT2D eigenvalue weighted by atomic mass is 19.1. The summed E-state index contributed by atoms with van der Waals surface area (Å²) in [6.07, 6.45) is 0. The van der Waals surface area contributed by atoms with Gasteiger partial charge in [-0.25, -0.2) is 14.0 Å². The highest BCUT2D eigenvalue weighted by Crippen LogP contribution is 2.15. The van der Waals surface area contributed by atoms with Crippen LogP contribution in [0.5, 0.6) is 0 Å². The van der Waals surface area contributed by atoms with Gasteiger partial charge in [0.25, 0.3) is 0 Å². The Labute approximate surface area is 104 Å². The SMILES string of the molecule is CCN(CC)C(=O)Nc1ccc(F)c(C(=O)O)c1. The maximum Gasteiger partial charge on any atom is 0.338 e. The van der Waals surface area contributed by atoms with E-state index in [0.29, 0.717) is 13.1 Å². The molecule has 6 heteroatoms. The third-order valence-corrected chi connectivity index (χ3v) is 2.50. The molecule has 0 fully saturated rings. The van der Waals surface area contributed by atoms with Crippen LogP contribution in [-0.2, 0) is 0 Å². The van der Waals surface area contributed by atoms with Gasteiger partial charge < -0.3 is 15.3 Å². The van der Waals surface area contributed by atoms with Gasteiger partial charge in [0, 0.05) is 18.8 Å². The Morgan fingerprint density at radius 2 is 1.94 bits per heavy atom. The van der Waals surface area contributed by atoms with Crippen molar-refractivity contribution in [2.45, 2.75) is 13.8 Å². The number of halogens is 1. The lowest BCUT2D eigenvalue weighted by Gasteiger charge is -2.19. The Hall–Kier alpha value is -2.11. The second kappa shape index (κ2) is 6.00. The van der Waals surface area contributed by atoms with Crippen LogP contribution >= 0.6 is 0 Å². The van der Waals surface area contributed by atoms with Gasteiger partial charge in [-0.15, -0.1) is 0 Å². The van der Waals surface area contributed by atoms with E-state index >= 15 is 0 Å². The first-order valence-electron chi connectivity index (χ1n) is 5.58. The van der Waals surface area contributed by atoms with Crippen LogP contribution in [0.1, 0.15) is 24.2 Å². The number of hydrogen-bond acceptors (Lipinski definition) is 2. The number of benzene rings is 1. The number of carbonyl (C=O) groups excluding carboxylic acids is 1. The van der Waals surface area contributed by atoms with E-state index in [4.69, 9.17) is 5.11 Å². The topological polar surface area (TPSA) is 69.6 Å². The summed E-state index contributed by atoms with van der Waals surface area (Å²) in [6.45, 7) is 4.73. The Morgan fingerprint density at radius 1 is 1.33 bits per heavy atom. The lowest BCUT2D eigenvalue weighted by molar-refractivity contribution is 0.0692. The van der Waals surface area contributed by atoms with Crippen molar-refractivity contribution >= 4 is 17.7 Å². The predicted octanol–water partition coefficient (Wildman–Crippen LogP) is 2.40. The molecule has 18 heavy (non-hydrogen) atoms. The van der Waals surface area contributed by atoms with E-state index < -0.39 is 17.3 Å². The molecule has 0 aliphatic carbocycles. The summed E-state index contributed by atoms with van der Waals surface area (Å²) < 4.78 is 13.1. The zero-order valence-corrected chi connectivity index (χ0v) is 10.2. The normalized spacial score (nSPS) is 9.94. The van der Waals surface area contributed by atoms with Crippen LogP contribution in [0, 0.1) is 5.82 Å². The fourth-order valence-electron chi connectivity index (χ4n) is 1.48. The summed E-state index contributed by atoms with van der Waals surface area (Å²) in [7, 11) is 0. The molecule has 0 saturated carbocycles. The molecule has 1 rings (SSSR count). The standard InChI is InChI=1S/C12H15FN2O3/c1-3-15(4-2)12(18)14-8-5-6-10(13)9(7-8)11(16)17/h5-7H,3-4H2,1-2H3,(H,14,18)(H,16,17). The summed E-state index contributed by atoms with van der Waals surface area (Å²) >= 11 is 0. The molecular weight excluding hydrogens is 239 g/mol. The van der Waals surface area contributed by atoms with Crippen LogP contribution in [0.4, 0.5) is 14.9 Å². The highest BCUT2D eigenvalue weighted by molar-refractivity contribution is 5.93. The molecule has 0 heterocycles. The number of aromatic carboxylic acids is 1. The first-order valence-corrected chi connectivity index (χ1v) is 5.58. The Balaban J connectivity index is 2.89. The number of carboxylic acid groups (broad SMARTS) is 1. The number of urea groups is 1. The quantitative estimate of drug-likeness (QED) is 0.866. The zero-order chi connectivity index (χ0) is 13.7. The Bertz CT molecular complexity index is 459. The first kappa shape index (κ1) is 14.0. The van der Waals surface area contributed by atoms with Crippen LogP contribution in [-0.4, -0.2) is 35.1 Å². The lowest BCUT2D eigenvalue weighted by atomic mass is 10.2. The third-order valence-electron chi connectivity index (χ3n) is 2.50. The summed E-state index contributed by atoms with van der Waals surface area (Å²) in [5.41, 5.74) is -0.210. The van der Waals surface area contributed by atoms with Crippen molar-refractivity contribution in [1.82, 2.24) is 4.90 Å². The number of hydrogen-bond donors (Lipinski definition) is 2. The molecule has 0 aliphatic rings. The monoisotopic (exact) mass is 254 g/mol. The number of rotatable bonds is 4. The van der Waals surface area contributed by atoms with Crippen LogP contribution in [0.3, 0.4) is 0 Å². The maximum atomic E-state index is 13.1. The third kappa shape index (κ3) is 3.19. The molecule has 0 spiro atoms. The van der Waals surface area contributed by atoms with E-state index in [1.54, 1.807) is 0 Å². The van der Waals surface area contributed by atoms with Crippen molar-refractivity contribution < 1.29 is 19.1 Å². The molecule has 0 radical (unpaired) electrons. The van der Waals surface area contributed by atoms with E-state index in [2.05, 4.69) is 5.32 Å². The van der Waals surface area contributed by atoms with Gasteiger partial charge in [-0.1, -0.05) is 0 Å². The Kier molecular flexibility index (Phi) is 4.65. The van der Waals surface area contributed by atoms with Crippen molar-refractivity contribution in [3.63, 3.8) is 0 Å². The maximum absolute atomic E-state index is 13.1. The molecular formula is C12H15FN2O3. The largest absolute Gasteiger partial charge is 0.478 e. The van der Waals surface area contributed by atoms with E-state index in [0.717, 1.165) is 12.1 Å². The molecule has 1 aromatic rings. The number of amides is 2. The summed E-state index contributed by atoms with van der Waals surface area (Å²) in [5.74, 6) is -2.20. The van der Waals surface area contributed by atoms with Crippen molar-refractivity contribution in [3.8, 4) is 0 Å². The number of carboxylic acids is 1. The molecule has 0 unspecified atom stereocenters. The lowest BCUT2D eigenvalue weighted by Crippen LogP contribution is -2.34. The van der Waals surface area contributed by atoms with Gasteiger partial charge in [0.2, 0.25) is 0 Å². The molecule has 0 aromatic heterocycles. The van der Waals surface area contributed by atoms with Gasteiger partial charge in [-0.05, 0) is 32.0 Å². The van der Waals surface area contributed by atoms with Crippen LogP contribution in [0.2, 0.25) is 0 Å². The van der Waals surface area contributed by atoms with Crippen LogP contribution in [0.15, 0.2) is 18.2 Å². The van der Waals surface area contributed by atoms with Crippen molar-refractivity contribution in [2.24, 2.45) is 0 Å². The van der Waals surface area contributed by atoms with E-state index in [1.165, 1.54) is 11.0 Å². The van der Waals surface area contributed by atoms with Crippen LogP contribution in [0.25, 0.3) is 0 Å². The molecule has 5 nitrogen and oxygen atoms in total. The molecule has 1 aromatic carbocycles. The fourth-order valence-corrected chi connectivity index (χ4v) is 1.48. The average molecular weight is 254 g/mol. The van der Waals surface area contributed by atoms with Gasteiger partial charge >= 0.3 is 12.0 Å². The van der Waals surface area contributed by atoms with Crippen molar-refractivity contribution in [1.29, 1.82) is 0 Å². The summed E-state index contributed by atoms with van der Waals surface area (Å²) in [5, 5.41) is 11.3. The minimum atomic E-state index is -1.37. The molecule has 2 amide bonds. The smallest absolute Gasteiger partial charge is 0.338 e. The van der Waals surface area contributed by atoms with E-state index in [1.807, 2.05) is 13.8 Å². The van der Waals surface area contributed by atoms with Crippen molar-refractivity contribution in [2.75, 3.05) is 18.4 Å². The summed E-state index contributed by atoms with van der Waals surface area (Å²) in [6, 6.07) is 3.09. The summed E-state index contributed by atoms with van der Waals surface area (Å²) in [4.78, 5) is 24.0. The Morgan fingerprint density at radius 3 is 2.44 bits per heavy atom. The molecule has 0 aliphatic heterocycles. The predicted molar refractivity (Wildman–Crippen MR) is 65.3 cm³/mol. The number of nitrogens with zero attached hydrogens (tertiary/aromatic N) is 1. The fraction of sp³-hybridized carbons (Fsp3) is 0.333. The molecule has 0 atom stereocenters.